The average Bonchev–Trinajstić information content (AvgIpc) is 2.65. The molecule has 0 saturated carbocycles. The van der Waals surface area contributed by atoms with Crippen LogP contribution < -0.4 is 4.90 Å². The van der Waals surface area contributed by atoms with E-state index in [0.29, 0.717) is 0 Å². The predicted octanol–water partition coefficient (Wildman–Crippen LogP) is -0.0789. The smallest absolute Gasteiger partial charge is 0.0766 e. The van der Waals surface area contributed by atoms with Gasteiger partial charge in [0.15, 0.2) is 0 Å². The van der Waals surface area contributed by atoms with Crippen LogP contribution in [-0.4, -0.2) is 37.1 Å². The number of nitrogens with zero attached hydrogens (tertiary/aromatic N) is 1. The molecular weight excluding hydrogens is 148 g/mol. The molecule has 2 nitrogen and oxygen atoms in total. The first kappa shape index (κ1) is 8.52. The van der Waals surface area contributed by atoms with Crippen LogP contribution in [0.25, 0.3) is 0 Å². The number of nitrogens with one attached hydrogen (secondary N) is 1. The van der Waals surface area contributed by atoms with Gasteiger partial charge < -0.3 is 4.90 Å². The Bertz CT molecular complexity index is 141. The van der Waals surface area contributed by atoms with Crippen LogP contribution in [0, 0.1) is 7.05 Å². The van der Waals surface area contributed by atoms with E-state index in [4.69, 9.17) is 0 Å². The third kappa shape index (κ3) is 1.80. The number of quaternary nitrogens is 1. The summed E-state index contributed by atoms with van der Waals surface area (Å²) in [7, 11) is 4.15. The second-order valence-corrected chi connectivity index (χ2v) is 4.26. The lowest BCUT2D eigenvalue weighted by molar-refractivity contribution is -0.866. The monoisotopic (exact) mass is 168 g/mol. The van der Waals surface area contributed by atoms with Crippen molar-refractivity contribution in [1.82, 2.24) is 4.90 Å². The van der Waals surface area contributed by atoms with Crippen LogP contribution in [-0.2, 0) is 0 Å². The van der Waals surface area contributed by atoms with Crippen molar-refractivity contribution in [3.05, 3.63) is 7.05 Å². The minimum absolute atomic E-state index is 0.836. The first-order chi connectivity index (χ1) is 5.86. The molecule has 0 aromatic heterocycles. The molecule has 2 aliphatic rings. The summed E-state index contributed by atoms with van der Waals surface area (Å²) < 4.78 is 0. The summed E-state index contributed by atoms with van der Waals surface area (Å²) in [6.45, 7) is 5.27. The number of hydrogen-bond donors (Lipinski definition) is 1. The van der Waals surface area contributed by atoms with Gasteiger partial charge >= 0.3 is 0 Å². The van der Waals surface area contributed by atoms with Crippen molar-refractivity contribution in [2.24, 2.45) is 0 Å². The predicted molar refractivity (Wildman–Crippen MR) is 49.9 cm³/mol. The van der Waals surface area contributed by atoms with Crippen LogP contribution >= 0.6 is 0 Å². The molecule has 2 aliphatic heterocycles. The maximum Gasteiger partial charge on any atom is 0.0766 e. The SMILES string of the molecule is [CH2-][NH+]1CCCC1CN1CCCC1. The van der Waals surface area contributed by atoms with Crippen molar-refractivity contribution in [2.45, 2.75) is 31.7 Å². The highest BCUT2D eigenvalue weighted by molar-refractivity contribution is 4.72. The highest BCUT2D eigenvalue weighted by Gasteiger charge is 2.24. The first-order valence-electron chi connectivity index (χ1n) is 5.26. The molecule has 0 aromatic carbocycles. The van der Waals surface area contributed by atoms with Crippen LogP contribution in [0.15, 0.2) is 0 Å². The largest absolute Gasteiger partial charge is 0.464 e. The number of hydrogen-bond acceptors (Lipinski definition) is 1. The molecule has 2 heterocycles. The van der Waals surface area contributed by atoms with E-state index in [9.17, 15) is 0 Å². The van der Waals surface area contributed by atoms with E-state index in [1.54, 1.807) is 0 Å². The van der Waals surface area contributed by atoms with Gasteiger partial charge in [-0.3, -0.25) is 4.90 Å². The quantitative estimate of drug-likeness (QED) is 0.567. The highest BCUT2D eigenvalue weighted by Crippen LogP contribution is 2.09. The van der Waals surface area contributed by atoms with Gasteiger partial charge in [-0.2, -0.15) is 7.05 Å². The molecule has 2 fully saturated rings. The van der Waals surface area contributed by atoms with Gasteiger partial charge in [-0.25, -0.2) is 0 Å². The fraction of sp³-hybridized carbons (Fsp3) is 0.900. The molecule has 2 rings (SSSR count). The molecule has 1 N–H and O–H groups in total. The molecular formula is C10H20N2. The van der Waals surface area contributed by atoms with Gasteiger partial charge in [0.2, 0.25) is 0 Å². The van der Waals surface area contributed by atoms with Gasteiger partial charge in [-0.15, -0.1) is 0 Å². The molecule has 2 unspecified atom stereocenters. The Morgan fingerprint density at radius 2 is 2.00 bits per heavy atom. The molecule has 2 atom stereocenters. The van der Waals surface area contributed by atoms with E-state index in [-0.39, 0.29) is 0 Å². The van der Waals surface area contributed by atoms with Gasteiger partial charge in [-0.05, 0) is 32.4 Å². The van der Waals surface area contributed by atoms with Gasteiger partial charge in [-0.1, -0.05) is 0 Å². The molecule has 12 heavy (non-hydrogen) atoms. The Morgan fingerprint density at radius 3 is 2.58 bits per heavy atom. The Kier molecular flexibility index (Phi) is 2.66. The molecule has 70 valence electrons. The van der Waals surface area contributed by atoms with E-state index >= 15 is 0 Å². The van der Waals surface area contributed by atoms with Crippen LogP contribution in [0.2, 0.25) is 0 Å². The van der Waals surface area contributed by atoms with Crippen LogP contribution in [0.1, 0.15) is 25.7 Å². The van der Waals surface area contributed by atoms with Crippen molar-refractivity contribution < 1.29 is 4.90 Å². The summed E-state index contributed by atoms with van der Waals surface area (Å²) in [5, 5.41) is 0. The van der Waals surface area contributed by atoms with Crippen LogP contribution in [0.5, 0.6) is 0 Å². The highest BCUT2D eigenvalue weighted by atomic mass is 15.2. The number of likely N-dealkylation sites (tertiary alicyclic amines) is 2. The Balaban J connectivity index is 1.77. The van der Waals surface area contributed by atoms with E-state index in [1.807, 2.05) is 0 Å². The molecule has 2 heteroatoms. The summed E-state index contributed by atoms with van der Waals surface area (Å²) in [4.78, 5) is 4.13. The summed E-state index contributed by atoms with van der Waals surface area (Å²) in [5.41, 5.74) is 0. The van der Waals surface area contributed by atoms with E-state index in [0.717, 1.165) is 6.04 Å². The Morgan fingerprint density at radius 1 is 1.25 bits per heavy atom. The maximum atomic E-state index is 4.15. The van der Waals surface area contributed by atoms with Gasteiger partial charge in [0.05, 0.1) is 12.6 Å². The van der Waals surface area contributed by atoms with Crippen molar-refractivity contribution in [1.29, 1.82) is 0 Å². The van der Waals surface area contributed by atoms with Gasteiger partial charge in [0.1, 0.15) is 0 Å². The normalized spacial score (nSPS) is 37.8. The topological polar surface area (TPSA) is 7.68 Å². The van der Waals surface area contributed by atoms with Crippen LogP contribution in [0.3, 0.4) is 0 Å². The van der Waals surface area contributed by atoms with Gasteiger partial charge in [0, 0.05) is 13.0 Å². The third-order valence-electron chi connectivity index (χ3n) is 3.31. The molecule has 0 spiro atoms. The van der Waals surface area contributed by atoms with Crippen molar-refractivity contribution in [2.75, 3.05) is 26.2 Å². The summed E-state index contributed by atoms with van der Waals surface area (Å²) in [6.07, 6.45) is 5.62. The zero-order chi connectivity index (χ0) is 8.39. The Hall–Kier alpha value is -0.0800. The minimum atomic E-state index is 0.836. The lowest BCUT2D eigenvalue weighted by Gasteiger charge is -2.27. The zero-order valence-electron chi connectivity index (χ0n) is 7.89. The van der Waals surface area contributed by atoms with Crippen molar-refractivity contribution >= 4 is 0 Å². The van der Waals surface area contributed by atoms with E-state index < -0.39 is 0 Å². The third-order valence-corrected chi connectivity index (χ3v) is 3.31. The fourth-order valence-corrected chi connectivity index (χ4v) is 2.48. The Labute approximate surface area is 75.5 Å². The standard InChI is InChI=1S/C10H20N2/c1-11-6-4-5-10(11)9-12-7-2-3-8-12/h10-11H,1-9H2. The summed E-state index contributed by atoms with van der Waals surface area (Å²) in [6, 6.07) is 0.836. The molecule has 0 aromatic rings. The molecule has 0 aliphatic carbocycles. The fourth-order valence-electron chi connectivity index (χ4n) is 2.48. The maximum absolute atomic E-state index is 4.15. The summed E-state index contributed by atoms with van der Waals surface area (Å²) >= 11 is 0. The lowest BCUT2D eigenvalue weighted by atomic mass is 10.2. The second kappa shape index (κ2) is 3.75. The minimum Gasteiger partial charge on any atom is -0.464 e. The number of rotatable bonds is 2. The molecule has 0 amide bonds. The van der Waals surface area contributed by atoms with Crippen molar-refractivity contribution in [3.63, 3.8) is 0 Å². The van der Waals surface area contributed by atoms with Crippen molar-refractivity contribution in [3.8, 4) is 0 Å². The second-order valence-electron chi connectivity index (χ2n) is 4.26. The molecule has 0 bridgehead atoms. The van der Waals surface area contributed by atoms with Gasteiger partial charge in [0.25, 0.3) is 0 Å². The average molecular weight is 168 g/mol. The lowest BCUT2D eigenvalue weighted by Crippen LogP contribution is -3.09. The first-order valence-corrected chi connectivity index (χ1v) is 5.26. The van der Waals surface area contributed by atoms with E-state index in [2.05, 4.69) is 11.9 Å². The van der Waals surface area contributed by atoms with E-state index in [1.165, 1.54) is 56.8 Å². The molecule has 2 saturated heterocycles. The van der Waals surface area contributed by atoms with Crippen LogP contribution in [0.4, 0.5) is 0 Å². The summed E-state index contributed by atoms with van der Waals surface area (Å²) in [5.74, 6) is 0. The zero-order valence-corrected chi connectivity index (χ0v) is 7.89. The molecule has 0 radical (unpaired) electrons.